The summed E-state index contributed by atoms with van der Waals surface area (Å²) >= 11 is 6.12. The number of sulfonamides is 1. The van der Waals surface area contributed by atoms with Crippen molar-refractivity contribution in [3.8, 4) is 0 Å². The van der Waals surface area contributed by atoms with Crippen LogP contribution in [0.15, 0.2) is 65.0 Å². The quantitative estimate of drug-likeness (QED) is 0.219. The normalized spacial score (nSPS) is 12.8. The number of H-pyrrole nitrogens is 1. The topological polar surface area (TPSA) is 109 Å². The lowest BCUT2D eigenvalue weighted by atomic mass is 10.0. The number of fused-ring (bicyclic) bond motifs is 1. The summed E-state index contributed by atoms with van der Waals surface area (Å²) in [4.78, 5) is 16.4. The van der Waals surface area contributed by atoms with Crippen molar-refractivity contribution in [1.82, 2.24) is 15.0 Å². The van der Waals surface area contributed by atoms with Gasteiger partial charge in [0.2, 0.25) is 0 Å². The molecule has 8 nitrogen and oxygen atoms in total. The number of rotatable bonds is 7. The Bertz CT molecular complexity index is 1600. The standard InChI is InChI=1S/C24H21ClF3N5O3S/c1-13(2)36-32-21(17-6-8-29-23-18(17)7-9-30-23)22-20(10-15(25)12-31-22)33-37(34,35)16-5-4-14(3)19(11-16)24(26,27)28/h4-13,33H,1-3H3,(H,29,30). The van der Waals surface area contributed by atoms with Gasteiger partial charge in [0.1, 0.15) is 23.2 Å². The summed E-state index contributed by atoms with van der Waals surface area (Å²) in [5.74, 6) is 0. The van der Waals surface area contributed by atoms with E-state index in [-0.39, 0.29) is 33.8 Å². The number of halogens is 4. The maximum atomic E-state index is 13.4. The Hall–Kier alpha value is -3.64. The summed E-state index contributed by atoms with van der Waals surface area (Å²) in [7, 11) is -4.49. The Labute approximate surface area is 215 Å². The van der Waals surface area contributed by atoms with Crippen LogP contribution in [-0.4, -0.2) is 35.2 Å². The molecule has 0 amide bonds. The van der Waals surface area contributed by atoms with E-state index in [1.165, 1.54) is 25.4 Å². The molecule has 0 fully saturated rings. The van der Waals surface area contributed by atoms with Crippen LogP contribution in [0.5, 0.6) is 0 Å². The lowest BCUT2D eigenvalue weighted by Crippen LogP contribution is -2.19. The van der Waals surface area contributed by atoms with Gasteiger partial charge in [0.05, 0.1) is 21.2 Å². The van der Waals surface area contributed by atoms with Crippen LogP contribution >= 0.6 is 11.6 Å². The van der Waals surface area contributed by atoms with Gasteiger partial charge in [-0.15, -0.1) is 0 Å². The second-order valence-electron chi connectivity index (χ2n) is 8.32. The molecule has 2 N–H and O–H groups in total. The van der Waals surface area contributed by atoms with Gasteiger partial charge < -0.3 is 9.82 Å². The van der Waals surface area contributed by atoms with Gasteiger partial charge in [0.15, 0.2) is 0 Å². The fraction of sp³-hybridized carbons (Fsp3) is 0.208. The molecular weight excluding hydrogens is 531 g/mol. The maximum absolute atomic E-state index is 13.4. The van der Waals surface area contributed by atoms with Crippen molar-refractivity contribution in [2.45, 2.75) is 37.9 Å². The zero-order valence-electron chi connectivity index (χ0n) is 19.8. The van der Waals surface area contributed by atoms with Crippen LogP contribution in [0.3, 0.4) is 0 Å². The molecule has 0 atom stereocenters. The van der Waals surface area contributed by atoms with Gasteiger partial charge in [-0.25, -0.2) is 13.4 Å². The smallest absolute Gasteiger partial charge is 0.393 e. The minimum absolute atomic E-state index is 0.0467. The molecule has 0 aliphatic rings. The minimum Gasteiger partial charge on any atom is -0.393 e. The van der Waals surface area contributed by atoms with Crippen molar-refractivity contribution in [2.75, 3.05) is 4.72 Å². The van der Waals surface area contributed by atoms with Crippen LogP contribution in [0.25, 0.3) is 11.0 Å². The highest BCUT2D eigenvalue weighted by molar-refractivity contribution is 7.92. The fourth-order valence-corrected chi connectivity index (χ4v) is 4.77. The Balaban J connectivity index is 1.86. The molecule has 0 radical (unpaired) electrons. The number of hydrogen-bond acceptors (Lipinski definition) is 6. The number of benzene rings is 1. The van der Waals surface area contributed by atoms with Crippen LogP contribution in [0.2, 0.25) is 5.02 Å². The summed E-state index contributed by atoms with van der Waals surface area (Å²) in [6, 6.07) is 7.47. The van der Waals surface area contributed by atoms with Gasteiger partial charge in [-0.2, -0.15) is 13.2 Å². The molecule has 0 bridgehead atoms. The third-order valence-corrected chi connectivity index (χ3v) is 6.79. The van der Waals surface area contributed by atoms with E-state index in [1.54, 1.807) is 32.2 Å². The third kappa shape index (κ3) is 5.70. The van der Waals surface area contributed by atoms with Crippen LogP contribution in [0.4, 0.5) is 18.9 Å². The van der Waals surface area contributed by atoms with Gasteiger partial charge in [-0.3, -0.25) is 9.71 Å². The highest BCUT2D eigenvalue weighted by atomic mass is 35.5. The van der Waals surface area contributed by atoms with E-state index < -0.39 is 26.7 Å². The molecule has 0 saturated carbocycles. The fourth-order valence-electron chi connectivity index (χ4n) is 3.53. The molecular formula is C24H21ClF3N5O3S. The van der Waals surface area contributed by atoms with E-state index in [9.17, 15) is 21.6 Å². The van der Waals surface area contributed by atoms with Crippen molar-refractivity contribution in [1.29, 1.82) is 0 Å². The van der Waals surface area contributed by atoms with Gasteiger partial charge >= 0.3 is 6.18 Å². The van der Waals surface area contributed by atoms with E-state index in [1.807, 2.05) is 0 Å². The summed E-state index contributed by atoms with van der Waals surface area (Å²) in [5.41, 5.74) is 0.0137. The molecule has 4 rings (SSSR count). The minimum atomic E-state index is -4.73. The van der Waals surface area contributed by atoms with Crippen molar-refractivity contribution in [2.24, 2.45) is 5.16 Å². The Morgan fingerprint density at radius 1 is 1.16 bits per heavy atom. The second-order valence-corrected chi connectivity index (χ2v) is 10.4. The Kier molecular flexibility index (Phi) is 7.16. The first-order valence-electron chi connectivity index (χ1n) is 10.9. The molecule has 194 valence electrons. The summed E-state index contributed by atoms with van der Waals surface area (Å²) in [5, 5.41) is 4.98. The van der Waals surface area contributed by atoms with E-state index in [4.69, 9.17) is 16.4 Å². The molecule has 4 aromatic rings. The monoisotopic (exact) mass is 551 g/mol. The summed E-state index contributed by atoms with van der Waals surface area (Å²) < 4.78 is 69.0. The van der Waals surface area contributed by atoms with E-state index in [0.29, 0.717) is 22.7 Å². The number of aromatic nitrogens is 3. The molecule has 0 aliphatic heterocycles. The Morgan fingerprint density at radius 3 is 2.62 bits per heavy atom. The average Bonchev–Trinajstić information content (AvgIpc) is 3.29. The van der Waals surface area contributed by atoms with E-state index in [0.717, 1.165) is 12.1 Å². The van der Waals surface area contributed by atoms with Gasteiger partial charge in [0, 0.05) is 29.5 Å². The third-order valence-electron chi connectivity index (χ3n) is 5.22. The zero-order chi connectivity index (χ0) is 27.0. The first-order chi connectivity index (χ1) is 17.4. The number of pyridine rings is 2. The van der Waals surface area contributed by atoms with Crippen molar-refractivity contribution in [3.63, 3.8) is 0 Å². The van der Waals surface area contributed by atoms with Crippen LogP contribution in [0.1, 0.15) is 36.2 Å². The largest absolute Gasteiger partial charge is 0.416 e. The van der Waals surface area contributed by atoms with Crippen LogP contribution < -0.4 is 4.72 Å². The highest BCUT2D eigenvalue weighted by Crippen LogP contribution is 2.34. The lowest BCUT2D eigenvalue weighted by Gasteiger charge is -2.16. The first kappa shape index (κ1) is 26.4. The van der Waals surface area contributed by atoms with Crippen molar-refractivity contribution < 1.29 is 26.4 Å². The van der Waals surface area contributed by atoms with Gasteiger partial charge in [-0.05, 0) is 56.7 Å². The maximum Gasteiger partial charge on any atom is 0.416 e. The number of aromatic amines is 1. The number of aryl methyl sites for hydroxylation is 1. The molecule has 0 aliphatic carbocycles. The number of alkyl halides is 3. The first-order valence-corrected chi connectivity index (χ1v) is 12.8. The van der Waals surface area contributed by atoms with Crippen molar-refractivity contribution >= 4 is 44.1 Å². The molecule has 3 aromatic heterocycles. The predicted octanol–water partition coefficient (Wildman–Crippen LogP) is 5.92. The number of oxime groups is 1. The molecule has 0 saturated heterocycles. The van der Waals surface area contributed by atoms with E-state index >= 15 is 0 Å². The van der Waals surface area contributed by atoms with Crippen LogP contribution in [-0.2, 0) is 21.0 Å². The number of hydrogen-bond donors (Lipinski definition) is 2. The molecule has 3 heterocycles. The molecule has 0 spiro atoms. The SMILES string of the molecule is Cc1ccc(S(=O)(=O)Nc2cc(Cl)cnc2C(=NOC(C)C)c2ccnc3[nH]ccc23)cc1C(F)(F)F. The van der Waals surface area contributed by atoms with Crippen LogP contribution in [0, 0.1) is 6.92 Å². The van der Waals surface area contributed by atoms with E-state index in [2.05, 4.69) is 24.8 Å². The number of anilines is 1. The molecule has 0 unspecified atom stereocenters. The van der Waals surface area contributed by atoms with Gasteiger partial charge in [0.25, 0.3) is 10.0 Å². The predicted molar refractivity (Wildman–Crippen MR) is 134 cm³/mol. The number of nitrogens with zero attached hydrogens (tertiary/aromatic N) is 3. The molecule has 13 heteroatoms. The summed E-state index contributed by atoms with van der Waals surface area (Å²) in [6.45, 7) is 4.77. The number of nitrogens with one attached hydrogen (secondary N) is 2. The highest BCUT2D eigenvalue weighted by Gasteiger charge is 2.34. The summed E-state index contributed by atoms with van der Waals surface area (Å²) in [6.07, 6.45) is -0.543. The molecule has 37 heavy (non-hydrogen) atoms. The van der Waals surface area contributed by atoms with Gasteiger partial charge in [-0.1, -0.05) is 22.8 Å². The second kappa shape index (κ2) is 10.0. The molecule has 1 aromatic carbocycles. The Morgan fingerprint density at radius 2 is 1.92 bits per heavy atom. The lowest BCUT2D eigenvalue weighted by molar-refractivity contribution is -0.138. The zero-order valence-corrected chi connectivity index (χ0v) is 21.3. The van der Waals surface area contributed by atoms with Crippen molar-refractivity contribution in [3.05, 3.63) is 82.4 Å². The average molecular weight is 552 g/mol.